The Labute approximate surface area is 131 Å². The molecule has 1 fully saturated rings. The second kappa shape index (κ2) is 6.84. The number of ether oxygens (including phenoxy) is 1. The van der Waals surface area contributed by atoms with Crippen LogP contribution in [0.15, 0.2) is 29.2 Å². The van der Waals surface area contributed by atoms with Crippen LogP contribution in [0.3, 0.4) is 0 Å². The lowest BCUT2D eigenvalue weighted by molar-refractivity contribution is -0.142. The molecule has 4 heteroatoms. The third kappa shape index (κ3) is 3.43. The van der Waals surface area contributed by atoms with E-state index in [0.29, 0.717) is 18.5 Å². The molecule has 21 heavy (non-hydrogen) atoms. The molecular weight excluding hydrogens is 282 g/mol. The molecule has 0 N–H and O–H groups in total. The van der Waals surface area contributed by atoms with Crippen LogP contribution in [0.5, 0.6) is 0 Å². The van der Waals surface area contributed by atoms with Crippen LogP contribution >= 0.6 is 11.8 Å². The van der Waals surface area contributed by atoms with E-state index >= 15 is 0 Å². The molecule has 0 radical (unpaired) electrons. The molecule has 1 heterocycles. The average molecular weight is 305 g/mol. The van der Waals surface area contributed by atoms with Gasteiger partial charge in [0.15, 0.2) is 0 Å². The summed E-state index contributed by atoms with van der Waals surface area (Å²) in [6.07, 6.45) is 5.02. The van der Waals surface area contributed by atoms with E-state index in [0.717, 1.165) is 12.3 Å². The Morgan fingerprint density at radius 2 is 2.10 bits per heavy atom. The van der Waals surface area contributed by atoms with Gasteiger partial charge in [-0.2, -0.15) is 0 Å². The van der Waals surface area contributed by atoms with Crippen LogP contribution in [-0.4, -0.2) is 42.9 Å². The summed E-state index contributed by atoms with van der Waals surface area (Å²) in [6.45, 7) is 1.41. The maximum absolute atomic E-state index is 11.7. The van der Waals surface area contributed by atoms with Crippen molar-refractivity contribution in [3.8, 4) is 0 Å². The quantitative estimate of drug-likeness (QED) is 0.781. The monoisotopic (exact) mass is 305 g/mol. The van der Waals surface area contributed by atoms with Crippen molar-refractivity contribution >= 4 is 17.7 Å². The van der Waals surface area contributed by atoms with Crippen molar-refractivity contribution in [1.82, 2.24) is 4.90 Å². The molecule has 1 aliphatic carbocycles. The van der Waals surface area contributed by atoms with Gasteiger partial charge in [-0.3, -0.25) is 9.69 Å². The van der Waals surface area contributed by atoms with E-state index in [-0.39, 0.29) is 5.97 Å². The molecule has 3 nitrogen and oxygen atoms in total. The first kappa shape index (κ1) is 14.9. The zero-order valence-corrected chi connectivity index (χ0v) is 13.4. The Kier molecular flexibility index (Phi) is 4.86. The summed E-state index contributed by atoms with van der Waals surface area (Å²) in [6, 6.07) is 9.24. The number of nitrogens with zero attached hydrogens (tertiary/aromatic N) is 1. The molecular formula is C17H23NO2S. The van der Waals surface area contributed by atoms with Crippen molar-refractivity contribution in [3.05, 3.63) is 29.8 Å². The first-order valence-electron chi connectivity index (χ1n) is 7.80. The molecule has 1 aliphatic heterocycles. The summed E-state index contributed by atoms with van der Waals surface area (Å²) in [4.78, 5) is 15.5. The lowest BCUT2D eigenvalue weighted by Gasteiger charge is -2.30. The van der Waals surface area contributed by atoms with E-state index in [1.54, 1.807) is 0 Å². The maximum Gasteiger partial charge on any atom is 0.319 e. The number of carbonyl (C=O) groups is 1. The fourth-order valence-electron chi connectivity index (χ4n) is 3.51. The molecule has 1 aromatic rings. The van der Waals surface area contributed by atoms with Crippen LogP contribution in [0.1, 0.15) is 37.2 Å². The van der Waals surface area contributed by atoms with Gasteiger partial charge < -0.3 is 4.74 Å². The van der Waals surface area contributed by atoms with Crippen LogP contribution in [0.2, 0.25) is 0 Å². The average Bonchev–Trinajstić information content (AvgIpc) is 3.16. The van der Waals surface area contributed by atoms with E-state index in [1.165, 1.54) is 43.3 Å². The Hall–Kier alpha value is -1.00. The maximum atomic E-state index is 11.7. The fraction of sp³-hybridized carbons (Fsp3) is 0.588. The van der Waals surface area contributed by atoms with Crippen LogP contribution in [0, 0.1) is 0 Å². The zero-order valence-electron chi connectivity index (χ0n) is 12.6. The molecule has 1 aromatic carbocycles. The Bertz CT molecular complexity index is 499. The van der Waals surface area contributed by atoms with Gasteiger partial charge in [-0.05, 0) is 24.5 Å². The molecule has 0 bridgehead atoms. The summed E-state index contributed by atoms with van der Waals surface area (Å²) in [5.74, 6) is 1.56. The Balaban J connectivity index is 1.71. The standard InChI is InChI=1S/C17H23NO2S/c1-20-17(19)11-18(14-6-2-3-7-14)10-13-12-21-16-9-5-4-8-15(13)16/h4-5,8-9,13-14H,2-3,6-7,10-12H2,1H3. The highest BCUT2D eigenvalue weighted by Crippen LogP contribution is 2.40. The number of carbonyl (C=O) groups excluding carboxylic acids is 1. The van der Waals surface area contributed by atoms with Gasteiger partial charge in [0.25, 0.3) is 0 Å². The summed E-state index contributed by atoms with van der Waals surface area (Å²) < 4.78 is 4.89. The van der Waals surface area contributed by atoms with Crippen molar-refractivity contribution < 1.29 is 9.53 Å². The number of benzene rings is 1. The van der Waals surface area contributed by atoms with Crippen molar-refractivity contribution in [2.45, 2.75) is 42.5 Å². The SMILES string of the molecule is COC(=O)CN(CC1CSc2ccccc21)C1CCCC1. The van der Waals surface area contributed by atoms with Gasteiger partial charge in [0.1, 0.15) is 0 Å². The summed E-state index contributed by atoms with van der Waals surface area (Å²) in [5.41, 5.74) is 1.45. The normalized spacial score (nSPS) is 21.7. The number of hydrogen-bond acceptors (Lipinski definition) is 4. The minimum atomic E-state index is -0.110. The molecule has 114 valence electrons. The smallest absolute Gasteiger partial charge is 0.319 e. The fourth-order valence-corrected chi connectivity index (χ4v) is 4.75. The summed E-state index contributed by atoms with van der Waals surface area (Å²) in [5, 5.41) is 0. The van der Waals surface area contributed by atoms with Crippen molar-refractivity contribution in [2.24, 2.45) is 0 Å². The number of rotatable bonds is 5. The molecule has 1 saturated carbocycles. The molecule has 0 spiro atoms. The molecule has 1 atom stereocenters. The van der Waals surface area contributed by atoms with Gasteiger partial charge in [0.05, 0.1) is 13.7 Å². The minimum Gasteiger partial charge on any atom is -0.468 e. The largest absolute Gasteiger partial charge is 0.468 e. The van der Waals surface area contributed by atoms with Gasteiger partial charge in [-0.1, -0.05) is 31.0 Å². The van der Waals surface area contributed by atoms with Gasteiger partial charge >= 0.3 is 5.97 Å². The highest BCUT2D eigenvalue weighted by molar-refractivity contribution is 7.99. The van der Waals surface area contributed by atoms with Crippen molar-refractivity contribution in [2.75, 3.05) is 26.0 Å². The van der Waals surface area contributed by atoms with Crippen LogP contribution < -0.4 is 0 Å². The van der Waals surface area contributed by atoms with Crippen LogP contribution in [0.4, 0.5) is 0 Å². The number of esters is 1. The zero-order chi connectivity index (χ0) is 14.7. The van der Waals surface area contributed by atoms with E-state index < -0.39 is 0 Å². The first-order valence-corrected chi connectivity index (χ1v) is 8.79. The number of thioether (sulfide) groups is 1. The Morgan fingerprint density at radius 1 is 1.33 bits per heavy atom. The molecule has 0 aromatic heterocycles. The number of fused-ring (bicyclic) bond motifs is 1. The predicted molar refractivity (Wildman–Crippen MR) is 85.8 cm³/mol. The molecule has 0 amide bonds. The molecule has 3 rings (SSSR count). The van der Waals surface area contributed by atoms with Crippen LogP contribution in [0.25, 0.3) is 0 Å². The lowest BCUT2D eigenvalue weighted by atomic mass is 9.99. The van der Waals surface area contributed by atoms with E-state index in [4.69, 9.17) is 4.74 Å². The van der Waals surface area contributed by atoms with E-state index in [2.05, 4.69) is 29.2 Å². The summed E-state index contributed by atoms with van der Waals surface area (Å²) in [7, 11) is 1.48. The molecule has 1 unspecified atom stereocenters. The second-order valence-electron chi connectivity index (χ2n) is 5.99. The van der Waals surface area contributed by atoms with Crippen LogP contribution in [-0.2, 0) is 9.53 Å². The van der Waals surface area contributed by atoms with Crippen molar-refractivity contribution in [1.29, 1.82) is 0 Å². The van der Waals surface area contributed by atoms with Gasteiger partial charge in [0, 0.05) is 29.2 Å². The molecule has 0 saturated heterocycles. The topological polar surface area (TPSA) is 29.5 Å². The highest BCUT2D eigenvalue weighted by Gasteiger charge is 2.30. The van der Waals surface area contributed by atoms with Crippen molar-refractivity contribution in [3.63, 3.8) is 0 Å². The highest BCUT2D eigenvalue weighted by atomic mass is 32.2. The van der Waals surface area contributed by atoms with Gasteiger partial charge in [0.2, 0.25) is 0 Å². The van der Waals surface area contributed by atoms with Gasteiger partial charge in [-0.25, -0.2) is 0 Å². The lowest BCUT2D eigenvalue weighted by Crippen LogP contribution is -2.40. The van der Waals surface area contributed by atoms with E-state index in [9.17, 15) is 4.79 Å². The predicted octanol–water partition coefficient (Wildman–Crippen LogP) is 3.29. The Morgan fingerprint density at radius 3 is 2.86 bits per heavy atom. The summed E-state index contributed by atoms with van der Waals surface area (Å²) >= 11 is 1.94. The first-order chi connectivity index (χ1) is 10.3. The number of hydrogen-bond donors (Lipinski definition) is 0. The van der Waals surface area contributed by atoms with E-state index in [1.807, 2.05) is 11.8 Å². The second-order valence-corrected chi connectivity index (χ2v) is 7.05. The third-order valence-corrected chi connectivity index (χ3v) is 5.91. The number of methoxy groups -OCH3 is 1. The minimum absolute atomic E-state index is 0.110. The molecule has 2 aliphatic rings. The third-order valence-electron chi connectivity index (χ3n) is 4.65. The van der Waals surface area contributed by atoms with Gasteiger partial charge in [-0.15, -0.1) is 11.8 Å².